The summed E-state index contributed by atoms with van der Waals surface area (Å²) >= 11 is 5.99. The average molecular weight is 228 g/mol. The first-order valence-corrected chi connectivity index (χ1v) is 5.33. The molecular weight excluding hydrogens is 210 g/mol. The predicted octanol–water partition coefficient (Wildman–Crippen LogP) is 2.49. The third-order valence-corrected chi connectivity index (χ3v) is 2.96. The minimum Gasteiger partial charge on any atom is -0.367 e. The van der Waals surface area contributed by atoms with Crippen molar-refractivity contribution in [3.05, 3.63) is 23.4 Å². The lowest BCUT2D eigenvalue weighted by Gasteiger charge is -2.32. The molecule has 15 heavy (non-hydrogen) atoms. The molecule has 0 aliphatic rings. The number of rotatable bonds is 4. The maximum absolute atomic E-state index is 5.99. The fourth-order valence-electron chi connectivity index (χ4n) is 0.974. The zero-order valence-corrected chi connectivity index (χ0v) is 10.5. The average Bonchev–Trinajstić information content (AvgIpc) is 2.16. The monoisotopic (exact) mass is 227 g/mol. The minimum atomic E-state index is 0.0703. The molecule has 0 spiro atoms. The number of aromatic nitrogens is 1. The quantitative estimate of drug-likeness (QED) is 0.857. The molecule has 84 valence electrons. The van der Waals surface area contributed by atoms with E-state index in [2.05, 4.69) is 43.1 Å². The van der Waals surface area contributed by atoms with E-state index in [1.54, 1.807) is 6.20 Å². The fourth-order valence-corrected chi connectivity index (χ4v) is 1.16. The van der Waals surface area contributed by atoms with E-state index in [9.17, 15) is 0 Å². The molecule has 1 N–H and O–H groups in total. The van der Waals surface area contributed by atoms with Gasteiger partial charge in [-0.1, -0.05) is 11.6 Å². The predicted molar refractivity (Wildman–Crippen MR) is 65.5 cm³/mol. The van der Waals surface area contributed by atoms with Crippen molar-refractivity contribution in [3.63, 3.8) is 0 Å². The van der Waals surface area contributed by atoms with Crippen LogP contribution < -0.4 is 5.32 Å². The van der Waals surface area contributed by atoms with E-state index in [-0.39, 0.29) is 5.54 Å². The fraction of sp³-hybridized carbons (Fsp3) is 0.545. The van der Waals surface area contributed by atoms with Crippen LogP contribution in [0.1, 0.15) is 13.8 Å². The second-order valence-corrected chi connectivity index (χ2v) is 4.80. The van der Waals surface area contributed by atoms with Crippen molar-refractivity contribution in [1.82, 2.24) is 9.88 Å². The van der Waals surface area contributed by atoms with Gasteiger partial charge in [0.15, 0.2) is 0 Å². The van der Waals surface area contributed by atoms with E-state index in [4.69, 9.17) is 11.6 Å². The first kappa shape index (κ1) is 12.3. The second-order valence-electron chi connectivity index (χ2n) is 4.39. The highest BCUT2D eigenvalue weighted by Gasteiger charge is 2.20. The highest BCUT2D eigenvalue weighted by molar-refractivity contribution is 6.32. The maximum Gasteiger partial charge on any atom is 0.144 e. The molecule has 1 aromatic rings. The summed E-state index contributed by atoms with van der Waals surface area (Å²) in [5.74, 6) is 0.745. The zero-order chi connectivity index (χ0) is 11.5. The molecular formula is C11H18ClN3. The van der Waals surface area contributed by atoms with Crippen LogP contribution in [0.25, 0.3) is 0 Å². The van der Waals surface area contributed by atoms with E-state index < -0.39 is 0 Å². The second kappa shape index (κ2) is 4.81. The van der Waals surface area contributed by atoms with Gasteiger partial charge in [0.1, 0.15) is 5.82 Å². The minimum absolute atomic E-state index is 0.0703. The maximum atomic E-state index is 5.99. The van der Waals surface area contributed by atoms with E-state index in [1.807, 2.05) is 12.1 Å². The van der Waals surface area contributed by atoms with Crippen molar-refractivity contribution in [1.29, 1.82) is 0 Å². The molecule has 3 nitrogen and oxygen atoms in total. The SMILES string of the molecule is CN(C)C(C)(C)CNc1ncccc1Cl. The lowest BCUT2D eigenvalue weighted by atomic mass is 10.0. The molecule has 0 bridgehead atoms. The Morgan fingerprint density at radius 2 is 2.13 bits per heavy atom. The Labute approximate surface area is 96.5 Å². The van der Waals surface area contributed by atoms with Gasteiger partial charge in [0.05, 0.1) is 5.02 Å². The van der Waals surface area contributed by atoms with Crippen LogP contribution >= 0.6 is 11.6 Å². The van der Waals surface area contributed by atoms with Crippen molar-refractivity contribution in [2.45, 2.75) is 19.4 Å². The van der Waals surface area contributed by atoms with E-state index >= 15 is 0 Å². The smallest absolute Gasteiger partial charge is 0.144 e. The van der Waals surface area contributed by atoms with Crippen molar-refractivity contribution in [3.8, 4) is 0 Å². The number of hydrogen-bond acceptors (Lipinski definition) is 3. The third-order valence-electron chi connectivity index (χ3n) is 2.66. The number of hydrogen-bond donors (Lipinski definition) is 1. The van der Waals surface area contributed by atoms with Crippen molar-refractivity contribution < 1.29 is 0 Å². The van der Waals surface area contributed by atoms with Gasteiger partial charge in [-0.25, -0.2) is 4.98 Å². The molecule has 0 aliphatic heterocycles. The summed E-state index contributed by atoms with van der Waals surface area (Å²) in [5.41, 5.74) is 0.0703. The summed E-state index contributed by atoms with van der Waals surface area (Å²) in [5, 5.41) is 3.91. The van der Waals surface area contributed by atoms with Crippen LogP contribution in [-0.4, -0.2) is 36.1 Å². The topological polar surface area (TPSA) is 28.2 Å². The molecule has 0 amide bonds. The van der Waals surface area contributed by atoms with E-state index in [1.165, 1.54) is 0 Å². The van der Waals surface area contributed by atoms with Crippen LogP contribution in [0.3, 0.4) is 0 Å². The molecule has 1 heterocycles. The molecule has 0 atom stereocenters. The number of nitrogens with one attached hydrogen (secondary N) is 1. The molecule has 1 rings (SSSR count). The standard InChI is InChI=1S/C11H18ClN3/c1-11(2,15(3)4)8-14-10-9(12)6-5-7-13-10/h5-7H,8H2,1-4H3,(H,13,14). The first-order valence-electron chi connectivity index (χ1n) is 4.95. The molecule has 0 saturated carbocycles. The third kappa shape index (κ3) is 3.36. The van der Waals surface area contributed by atoms with Gasteiger partial charge < -0.3 is 10.2 Å². The Bertz CT molecular complexity index is 323. The zero-order valence-electron chi connectivity index (χ0n) is 9.71. The molecule has 0 unspecified atom stereocenters. The van der Waals surface area contributed by atoms with Gasteiger partial charge in [0.2, 0.25) is 0 Å². The summed E-state index contributed by atoms with van der Waals surface area (Å²) in [6.45, 7) is 5.13. The van der Waals surface area contributed by atoms with Gasteiger partial charge in [0.25, 0.3) is 0 Å². The number of halogens is 1. The Hall–Kier alpha value is -0.800. The van der Waals surface area contributed by atoms with E-state index in [0.29, 0.717) is 5.02 Å². The van der Waals surface area contributed by atoms with Gasteiger partial charge in [-0.05, 0) is 40.1 Å². The summed E-state index contributed by atoms with van der Waals surface area (Å²) < 4.78 is 0. The highest BCUT2D eigenvalue weighted by Crippen LogP contribution is 2.19. The van der Waals surface area contributed by atoms with Crippen molar-refractivity contribution >= 4 is 17.4 Å². The molecule has 0 saturated heterocycles. The molecule has 0 aliphatic carbocycles. The first-order chi connectivity index (χ1) is 6.93. The van der Waals surface area contributed by atoms with Gasteiger partial charge >= 0.3 is 0 Å². The largest absolute Gasteiger partial charge is 0.367 e. The van der Waals surface area contributed by atoms with E-state index in [0.717, 1.165) is 12.4 Å². The summed E-state index contributed by atoms with van der Waals surface area (Å²) in [6.07, 6.45) is 1.73. The molecule has 0 radical (unpaired) electrons. The van der Waals surface area contributed by atoms with Crippen LogP contribution in [0, 0.1) is 0 Å². The Balaban J connectivity index is 2.62. The summed E-state index contributed by atoms with van der Waals surface area (Å²) in [6, 6.07) is 3.66. The van der Waals surface area contributed by atoms with Crippen molar-refractivity contribution in [2.75, 3.05) is 26.0 Å². The summed E-state index contributed by atoms with van der Waals surface area (Å²) in [4.78, 5) is 6.34. The highest BCUT2D eigenvalue weighted by atomic mass is 35.5. The Morgan fingerprint density at radius 1 is 1.47 bits per heavy atom. The van der Waals surface area contributed by atoms with Gasteiger partial charge in [0, 0.05) is 18.3 Å². The number of nitrogens with zero attached hydrogens (tertiary/aromatic N) is 2. The molecule has 0 aromatic carbocycles. The Kier molecular flexibility index (Phi) is 3.94. The number of anilines is 1. The van der Waals surface area contributed by atoms with Crippen molar-refractivity contribution in [2.24, 2.45) is 0 Å². The number of likely N-dealkylation sites (N-methyl/N-ethyl adjacent to an activating group) is 1. The number of pyridine rings is 1. The Morgan fingerprint density at radius 3 is 2.67 bits per heavy atom. The van der Waals surface area contributed by atoms with Gasteiger partial charge in [-0.2, -0.15) is 0 Å². The normalized spacial score (nSPS) is 11.9. The molecule has 1 aromatic heterocycles. The lowest BCUT2D eigenvalue weighted by Crippen LogP contribution is -2.44. The van der Waals surface area contributed by atoms with Crippen LogP contribution in [-0.2, 0) is 0 Å². The van der Waals surface area contributed by atoms with Crippen LogP contribution in [0.15, 0.2) is 18.3 Å². The van der Waals surface area contributed by atoms with Crippen LogP contribution in [0.2, 0.25) is 5.02 Å². The van der Waals surface area contributed by atoms with Gasteiger partial charge in [-0.3, -0.25) is 0 Å². The summed E-state index contributed by atoms with van der Waals surface area (Å²) in [7, 11) is 4.11. The lowest BCUT2D eigenvalue weighted by molar-refractivity contribution is 0.210. The van der Waals surface area contributed by atoms with Crippen LogP contribution in [0.5, 0.6) is 0 Å². The molecule has 0 fully saturated rings. The van der Waals surface area contributed by atoms with Gasteiger partial charge in [-0.15, -0.1) is 0 Å². The van der Waals surface area contributed by atoms with Crippen LogP contribution in [0.4, 0.5) is 5.82 Å². The molecule has 4 heteroatoms.